The van der Waals surface area contributed by atoms with Crippen LogP contribution in [0, 0.1) is 21.4 Å². The smallest absolute Gasteiger partial charge is 0.296 e. The SMILES string of the molecule is COc1ccc(NC(=O)/C(C#N)=C/c2ccc(OCc3ccc(Cl)cc3)c(OC)c2)c([N+](=O)[O-])c1. The van der Waals surface area contributed by atoms with Crippen LogP contribution >= 0.6 is 11.6 Å². The summed E-state index contributed by atoms with van der Waals surface area (Å²) in [7, 11) is 2.84. The third kappa shape index (κ3) is 6.50. The van der Waals surface area contributed by atoms with Crippen molar-refractivity contribution in [2.45, 2.75) is 6.61 Å². The zero-order valence-corrected chi connectivity index (χ0v) is 19.5. The molecule has 0 aliphatic heterocycles. The molecule has 0 saturated carbocycles. The molecule has 0 aliphatic carbocycles. The van der Waals surface area contributed by atoms with Crippen LogP contribution in [0.4, 0.5) is 11.4 Å². The summed E-state index contributed by atoms with van der Waals surface area (Å²) in [5.74, 6) is 0.326. The van der Waals surface area contributed by atoms with Crippen molar-refractivity contribution >= 4 is 35.0 Å². The molecule has 0 aromatic heterocycles. The Hall–Kier alpha value is -4.55. The molecule has 3 aromatic rings. The van der Waals surface area contributed by atoms with E-state index in [1.807, 2.05) is 18.2 Å². The molecule has 0 unspecified atom stereocenters. The van der Waals surface area contributed by atoms with Crippen molar-refractivity contribution in [2.24, 2.45) is 0 Å². The number of rotatable bonds is 9. The molecule has 10 heteroatoms. The highest BCUT2D eigenvalue weighted by atomic mass is 35.5. The van der Waals surface area contributed by atoms with Crippen molar-refractivity contribution in [1.82, 2.24) is 0 Å². The Bertz CT molecular complexity index is 1320. The number of nitrogens with zero attached hydrogens (tertiary/aromatic N) is 2. The van der Waals surface area contributed by atoms with Crippen LogP contribution in [0.25, 0.3) is 6.08 Å². The minimum absolute atomic E-state index is 0.0644. The van der Waals surface area contributed by atoms with Gasteiger partial charge in [-0.3, -0.25) is 14.9 Å². The highest BCUT2D eigenvalue weighted by Crippen LogP contribution is 2.31. The Kier molecular flexibility index (Phi) is 8.27. The first-order valence-corrected chi connectivity index (χ1v) is 10.5. The number of nitro groups is 1. The second kappa shape index (κ2) is 11.5. The number of benzene rings is 3. The number of anilines is 1. The van der Waals surface area contributed by atoms with Crippen molar-refractivity contribution in [3.05, 3.63) is 92.5 Å². The van der Waals surface area contributed by atoms with Crippen LogP contribution in [-0.2, 0) is 11.4 Å². The molecule has 1 N–H and O–H groups in total. The number of carbonyl (C=O) groups excluding carboxylic acids is 1. The second-order valence-corrected chi connectivity index (χ2v) is 7.53. The molecule has 0 atom stereocenters. The molecular formula is C25H20ClN3O6. The average molecular weight is 494 g/mol. The number of methoxy groups -OCH3 is 2. The first-order valence-electron chi connectivity index (χ1n) is 10.2. The van der Waals surface area contributed by atoms with E-state index >= 15 is 0 Å². The predicted molar refractivity (Wildman–Crippen MR) is 131 cm³/mol. The molecule has 0 saturated heterocycles. The van der Waals surface area contributed by atoms with Gasteiger partial charge in [0, 0.05) is 5.02 Å². The number of halogens is 1. The van der Waals surface area contributed by atoms with Crippen LogP contribution < -0.4 is 19.5 Å². The van der Waals surface area contributed by atoms with E-state index in [2.05, 4.69) is 5.32 Å². The van der Waals surface area contributed by atoms with E-state index in [9.17, 15) is 20.2 Å². The normalized spacial score (nSPS) is 10.7. The average Bonchev–Trinajstić information content (AvgIpc) is 2.87. The van der Waals surface area contributed by atoms with Crippen molar-refractivity contribution in [3.8, 4) is 23.3 Å². The number of amides is 1. The summed E-state index contributed by atoms with van der Waals surface area (Å²) in [6, 6.07) is 17.9. The minimum atomic E-state index is -0.803. The highest BCUT2D eigenvalue weighted by Gasteiger charge is 2.19. The molecule has 1 amide bonds. The second-order valence-electron chi connectivity index (χ2n) is 7.09. The summed E-state index contributed by atoms with van der Waals surface area (Å²) in [6.07, 6.45) is 1.34. The summed E-state index contributed by atoms with van der Waals surface area (Å²) in [4.78, 5) is 23.4. The van der Waals surface area contributed by atoms with E-state index in [0.717, 1.165) is 5.56 Å². The van der Waals surface area contributed by atoms with E-state index in [1.54, 1.807) is 30.3 Å². The molecule has 0 heterocycles. The first kappa shape index (κ1) is 25.1. The summed E-state index contributed by atoms with van der Waals surface area (Å²) in [5, 5.41) is 23.9. The van der Waals surface area contributed by atoms with Gasteiger partial charge in [0.1, 0.15) is 29.7 Å². The molecule has 0 radical (unpaired) electrons. The number of nitrogens with one attached hydrogen (secondary N) is 1. The quantitative estimate of drug-likeness (QED) is 0.183. The third-order valence-electron chi connectivity index (χ3n) is 4.82. The summed E-state index contributed by atoms with van der Waals surface area (Å²) >= 11 is 5.90. The fourth-order valence-corrected chi connectivity index (χ4v) is 3.16. The molecule has 3 rings (SSSR count). The van der Waals surface area contributed by atoms with Crippen molar-refractivity contribution in [2.75, 3.05) is 19.5 Å². The fourth-order valence-electron chi connectivity index (χ4n) is 3.04. The van der Waals surface area contributed by atoms with E-state index in [0.29, 0.717) is 22.1 Å². The van der Waals surface area contributed by atoms with Gasteiger partial charge in [0.2, 0.25) is 0 Å². The Morgan fingerprint density at radius 2 is 1.83 bits per heavy atom. The number of ether oxygens (including phenoxy) is 3. The fraction of sp³-hybridized carbons (Fsp3) is 0.120. The maximum Gasteiger partial charge on any atom is 0.296 e. The van der Waals surface area contributed by atoms with E-state index in [4.69, 9.17) is 25.8 Å². The van der Waals surface area contributed by atoms with Gasteiger partial charge in [0.15, 0.2) is 11.5 Å². The number of hydrogen-bond acceptors (Lipinski definition) is 7. The number of nitro benzene ring substituents is 1. The van der Waals surface area contributed by atoms with Crippen molar-refractivity contribution < 1.29 is 23.9 Å². The van der Waals surface area contributed by atoms with Gasteiger partial charge >= 0.3 is 0 Å². The van der Waals surface area contributed by atoms with Crippen LogP contribution in [0.15, 0.2) is 66.2 Å². The van der Waals surface area contributed by atoms with Crippen LogP contribution in [0.1, 0.15) is 11.1 Å². The Morgan fingerprint density at radius 3 is 2.46 bits per heavy atom. The highest BCUT2D eigenvalue weighted by molar-refractivity contribution is 6.30. The third-order valence-corrected chi connectivity index (χ3v) is 5.07. The van der Waals surface area contributed by atoms with Crippen molar-refractivity contribution in [3.63, 3.8) is 0 Å². The van der Waals surface area contributed by atoms with Crippen LogP contribution in [0.3, 0.4) is 0 Å². The van der Waals surface area contributed by atoms with Gasteiger partial charge in [0.25, 0.3) is 11.6 Å². The molecule has 9 nitrogen and oxygen atoms in total. The monoisotopic (exact) mass is 493 g/mol. The van der Waals surface area contributed by atoms with Crippen LogP contribution in [-0.4, -0.2) is 25.1 Å². The lowest BCUT2D eigenvalue weighted by atomic mass is 10.1. The summed E-state index contributed by atoms with van der Waals surface area (Å²) < 4.78 is 16.2. The van der Waals surface area contributed by atoms with Crippen LogP contribution in [0.5, 0.6) is 17.2 Å². The van der Waals surface area contributed by atoms with Gasteiger partial charge in [0.05, 0.1) is 25.2 Å². The van der Waals surface area contributed by atoms with Gasteiger partial charge in [-0.2, -0.15) is 5.26 Å². The van der Waals surface area contributed by atoms with Gasteiger partial charge in [-0.15, -0.1) is 0 Å². The molecule has 3 aromatic carbocycles. The molecule has 0 spiro atoms. The maximum absolute atomic E-state index is 12.7. The molecule has 35 heavy (non-hydrogen) atoms. The first-order chi connectivity index (χ1) is 16.8. The maximum atomic E-state index is 12.7. The largest absolute Gasteiger partial charge is 0.496 e. The lowest BCUT2D eigenvalue weighted by Crippen LogP contribution is -2.14. The number of hydrogen-bond donors (Lipinski definition) is 1. The van der Waals surface area contributed by atoms with Crippen molar-refractivity contribution in [1.29, 1.82) is 5.26 Å². The number of nitriles is 1. The Balaban J connectivity index is 1.79. The van der Waals surface area contributed by atoms with Gasteiger partial charge in [-0.05, 0) is 53.6 Å². The van der Waals surface area contributed by atoms with Crippen LogP contribution in [0.2, 0.25) is 5.02 Å². The molecule has 178 valence electrons. The standard InChI is InChI=1S/C25H20ClN3O6/c1-33-20-8-9-21(22(13-20)29(31)32)28-25(30)18(14-27)11-17-5-10-23(24(12-17)34-2)35-15-16-3-6-19(26)7-4-16/h3-13H,15H2,1-2H3,(H,28,30)/b18-11+. The Labute approximate surface area is 206 Å². The van der Waals surface area contributed by atoms with E-state index in [-0.39, 0.29) is 29.3 Å². The summed E-state index contributed by atoms with van der Waals surface area (Å²) in [6.45, 7) is 0.287. The molecule has 0 fully saturated rings. The Morgan fingerprint density at radius 1 is 1.09 bits per heavy atom. The van der Waals surface area contributed by atoms with Gasteiger partial charge in [-0.25, -0.2) is 0 Å². The van der Waals surface area contributed by atoms with E-state index in [1.165, 1.54) is 38.5 Å². The lowest BCUT2D eigenvalue weighted by molar-refractivity contribution is -0.384. The zero-order valence-electron chi connectivity index (χ0n) is 18.8. The predicted octanol–water partition coefficient (Wildman–Crippen LogP) is 5.39. The van der Waals surface area contributed by atoms with E-state index < -0.39 is 10.8 Å². The minimum Gasteiger partial charge on any atom is -0.496 e. The molecular weight excluding hydrogens is 474 g/mol. The topological polar surface area (TPSA) is 124 Å². The lowest BCUT2D eigenvalue weighted by Gasteiger charge is -2.12. The number of carbonyl (C=O) groups is 1. The molecule has 0 aliphatic rings. The van der Waals surface area contributed by atoms with Gasteiger partial charge in [-0.1, -0.05) is 29.8 Å². The van der Waals surface area contributed by atoms with Gasteiger partial charge < -0.3 is 19.5 Å². The summed E-state index contributed by atoms with van der Waals surface area (Å²) in [5.41, 5.74) is 0.726. The zero-order chi connectivity index (χ0) is 25.4. The molecule has 0 bridgehead atoms.